The second kappa shape index (κ2) is 10.5. The standard InChI is InChI=1S/C21H25F3N4O/c1-3-10-26-19(29)17-8-4-6-15(11-17)13-27-20(25-2)28-14-16-7-5-9-18(12-16)21(22,23)24/h4-9,11-12H,3,10,13-14H2,1-2H3,(H,26,29)(H2,25,27,28). The van der Waals surface area contributed by atoms with Crippen LogP contribution >= 0.6 is 0 Å². The lowest BCUT2D eigenvalue weighted by molar-refractivity contribution is -0.137. The summed E-state index contributed by atoms with van der Waals surface area (Å²) in [6.45, 7) is 3.21. The summed E-state index contributed by atoms with van der Waals surface area (Å²) >= 11 is 0. The minimum atomic E-state index is -4.37. The lowest BCUT2D eigenvalue weighted by Crippen LogP contribution is -2.36. The quantitative estimate of drug-likeness (QED) is 0.485. The van der Waals surface area contributed by atoms with E-state index in [1.165, 1.54) is 6.07 Å². The van der Waals surface area contributed by atoms with Crippen LogP contribution in [0, 0.1) is 0 Å². The van der Waals surface area contributed by atoms with Crippen LogP contribution in [0.1, 0.15) is 40.4 Å². The van der Waals surface area contributed by atoms with Crippen LogP contribution in [0.3, 0.4) is 0 Å². The van der Waals surface area contributed by atoms with Gasteiger partial charge in [0.25, 0.3) is 5.91 Å². The Hall–Kier alpha value is -3.03. The Morgan fingerprint density at radius 3 is 2.17 bits per heavy atom. The fourth-order valence-corrected chi connectivity index (χ4v) is 2.61. The maximum atomic E-state index is 12.8. The van der Waals surface area contributed by atoms with Gasteiger partial charge >= 0.3 is 6.18 Å². The van der Waals surface area contributed by atoms with Crippen molar-refractivity contribution in [2.75, 3.05) is 13.6 Å². The first kappa shape index (κ1) is 22.3. The predicted molar refractivity (Wildman–Crippen MR) is 108 cm³/mol. The summed E-state index contributed by atoms with van der Waals surface area (Å²) in [6.07, 6.45) is -3.51. The number of halogens is 3. The Kier molecular flexibility index (Phi) is 8.06. The van der Waals surface area contributed by atoms with Crippen molar-refractivity contribution in [3.63, 3.8) is 0 Å². The number of carbonyl (C=O) groups is 1. The van der Waals surface area contributed by atoms with Gasteiger partial charge in [-0.15, -0.1) is 0 Å². The van der Waals surface area contributed by atoms with Gasteiger partial charge in [-0.2, -0.15) is 13.2 Å². The van der Waals surface area contributed by atoms with Gasteiger partial charge in [0.05, 0.1) is 5.56 Å². The zero-order valence-corrected chi connectivity index (χ0v) is 16.4. The van der Waals surface area contributed by atoms with Gasteiger partial charge in [0.15, 0.2) is 5.96 Å². The van der Waals surface area contributed by atoms with E-state index in [9.17, 15) is 18.0 Å². The molecule has 0 saturated carbocycles. The van der Waals surface area contributed by atoms with Gasteiger partial charge in [0, 0.05) is 32.2 Å². The maximum absolute atomic E-state index is 12.8. The lowest BCUT2D eigenvalue weighted by Gasteiger charge is -2.14. The van der Waals surface area contributed by atoms with Crippen LogP contribution in [-0.4, -0.2) is 25.5 Å². The van der Waals surface area contributed by atoms with Crippen molar-refractivity contribution in [1.29, 1.82) is 0 Å². The average Bonchev–Trinajstić information content (AvgIpc) is 2.72. The van der Waals surface area contributed by atoms with Crippen LogP contribution < -0.4 is 16.0 Å². The van der Waals surface area contributed by atoms with E-state index in [0.29, 0.717) is 30.2 Å². The van der Waals surface area contributed by atoms with Crippen molar-refractivity contribution in [3.8, 4) is 0 Å². The molecule has 0 fully saturated rings. The number of alkyl halides is 3. The van der Waals surface area contributed by atoms with Crippen LogP contribution in [0.4, 0.5) is 13.2 Å². The molecule has 0 aliphatic carbocycles. The number of aliphatic imine (C=N–C) groups is 1. The fourth-order valence-electron chi connectivity index (χ4n) is 2.61. The minimum Gasteiger partial charge on any atom is -0.352 e. The topological polar surface area (TPSA) is 65.5 Å². The summed E-state index contributed by atoms with van der Waals surface area (Å²) in [5.74, 6) is 0.323. The smallest absolute Gasteiger partial charge is 0.352 e. The molecule has 2 rings (SSSR count). The van der Waals surface area contributed by atoms with Gasteiger partial charge < -0.3 is 16.0 Å². The third kappa shape index (κ3) is 7.14. The second-order valence-electron chi connectivity index (χ2n) is 6.43. The zero-order chi connectivity index (χ0) is 21.3. The van der Waals surface area contributed by atoms with E-state index in [-0.39, 0.29) is 12.5 Å². The molecule has 0 radical (unpaired) electrons. The molecule has 0 saturated heterocycles. The molecule has 156 valence electrons. The molecular weight excluding hydrogens is 381 g/mol. The predicted octanol–water partition coefficient (Wildman–Crippen LogP) is 3.71. The summed E-state index contributed by atoms with van der Waals surface area (Å²) in [6, 6.07) is 12.4. The van der Waals surface area contributed by atoms with Gasteiger partial charge in [-0.25, -0.2) is 0 Å². The molecule has 8 heteroatoms. The Bertz CT molecular complexity index is 850. The monoisotopic (exact) mass is 406 g/mol. The van der Waals surface area contributed by atoms with Crippen molar-refractivity contribution < 1.29 is 18.0 Å². The first-order chi connectivity index (χ1) is 13.8. The SMILES string of the molecule is CCCNC(=O)c1cccc(CNC(=NC)NCc2cccc(C(F)(F)F)c2)c1. The highest BCUT2D eigenvalue weighted by Gasteiger charge is 2.30. The van der Waals surface area contributed by atoms with Gasteiger partial charge in [0.2, 0.25) is 0 Å². The summed E-state index contributed by atoms with van der Waals surface area (Å²) in [7, 11) is 1.58. The molecule has 0 aromatic heterocycles. The van der Waals surface area contributed by atoms with Gasteiger partial charge in [-0.1, -0.05) is 31.2 Å². The van der Waals surface area contributed by atoms with E-state index in [2.05, 4.69) is 20.9 Å². The number of nitrogens with one attached hydrogen (secondary N) is 3. The number of guanidine groups is 1. The van der Waals surface area contributed by atoms with Crippen molar-refractivity contribution in [2.24, 2.45) is 4.99 Å². The number of rotatable bonds is 7. The van der Waals surface area contributed by atoms with Crippen molar-refractivity contribution in [3.05, 3.63) is 70.8 Å². The van der Waals surface area contributed by atoms with Crippen LogP contribution in [0.2, 0.25) is 0 Å². The molecule has 0 unspecified atom stereocenters. The highest BCUT2D eigenvalue weighted by molar-refractivity contribution is 5.94. The number of amides is 1. The van der Waals surface area contributed by atoms with Crippen molar-refractivity contribution in [1.82, 2.24) is 16.0 Å². The highest BCUT2D eigenvalue weighted by Crippen LogP contribution is 2.29. The number of hydrogen-bond donors (Lipinski definition) is 3. The van der Waals surface area contributed by atoms with Crippen LogP contribution in [0.15, 0.2) is 53.5 Å². The van der Waals surface area contributed by atoms with Crippen LogP contribution in [0.25, 0.3) is 0 Å². The maximum Gasteiger partial charge on any atom is 0.416 e. The van der Waals surface area contributed by atoms with Gasteiger partial charge in [0.1, 0.15) is 0 Å². The molecule has 29 heavy (non-hydrogen) atoms. The molecule has 0 atom stereocenters. The second-order valence-corrected chi connectivity index (χ2v) is 6.43. The van der Waals surface area contributed by atoms with E-state index < -0.39 is 11.7 Å². The largest absolute Gasteiger partial charge is 0.416 e. The minimum absolute atomic E-state index is 0.124. The molecule has 2 aromatic rings. The van der Waals surface area contributed by atoms with E-state index in [1.807, 2.05) is 13.0 Å². The molecule has 0 aliphatic heterocycles. The Morgan fingerprint density at radius 2 is 1.59 bits per heavy atom. The lowest BCUT2D eigenvalue weighted by atomic mass is 10.1. The van der Waals surface area contributed by atoms with Gasteiger partial charge in [-0.3, -0.25) is 9.79 Å². The Labute approximate surface area is 168 Å². The number of carbonyl (C=O) groups excluding carboxylic acids is 1. The van der Waals surface area contributed by atoms with E-state index >= 15 is 0 Å². The first-order valence-corrected chi connectivity index (χ1v) is 9.31. The summed E-state index contributed by atoms with van der Waals surface area (Å²) in [4.78, 5) is 16.1. The third-order valence-corrected chi connectivity index (χ3v) is 4.12. The molecule has 1 amide bonds. The van der Waals surface area contributed by atoms with Crippen LogP contribution in [-0.2, 0) is 19.3 Å². The average molecular weight is 406 g/mol. The normalized spacial score (nSPS) is 11.8. The number of nitrogens with zero attached hydrogens (tertiary/aromatic N) is 1. The zero-order valence-electron chi connectivity index (χ0n) is 16.4. The third-order valence-electron chi connectivity index (χ3n) is 4.12. The molecule has 5 nitrogen and oxygen atoms in total. The Balaban J connectivity index is 1.92. The molecule has 3 N–H and O–H groups in total. The fraction of sp³-hybridized carbons (Fsp3) is 0.333. The van der Waals surface area contributed by atoms with Crippen LogP contribution in [0.5, 0.6) is 0 Å². The van der Waals surface area contributed by atoms with Gasteiger partial charge in [-0.05, 0) is 41.8 Å². The molecule has 0 spiro atoms. The Morgan fingerprint density at radius 1 is 0.966 bits per heavy atom. The molecule has 0 bridgehead atoms. The number of benzene rings is 2. The first-order valence-electron chi connectivity index (χ1n) is 9.31. The number of hydrogen-bond acceptors (Lipinski definition) is 2. The van der Waals surface area contributed by atoms with Crippen molar-refractivity contribution >= 4 is 11.9 Å². The summed E-state index contributed by atoms with van der Waals surface area (Å²) in [5, 5.41) is 8.92. The molecule has 2 aromatic carbocycles. The molecule has 0 aliphatic rings. The van der Waals surface area contributed by atoms with E-state index in [0.717, 1.165) is 24.1 Å². The molecule has 0 heterocycles. The molecular formula is C21H25F3N4O. The summed E-state index contributed by atoms with van der Waals surface area (Å²) in [5.41, 5.74) is 1.27. The van der Waals surface area contributed by atoms with Crippen molar-refractivity contribution in [2.45, 2.75) is 32.6 Å². The summed E-state index contributed by atoms with van der Waals surface area (Å²) < 4.78 is 38.4. The highest BCUT2D eigenvalue weighted by atomic mass is 19.4. The van der Waals surface area contributed by atoms with E-state index in [1.54, 1.807) is 31.3 Å². The van der Waals surface area contributed by atoms with E-state index in [4.69, 9.17) is 0 Å².